The first kappa shape index (κ1) is 14.3. The molecular formula is C13H21N3O2. The number of amides is 1. The molecule has 6 N–H and O–H groups in total. The summed E-state index contributed by atoms with van der Waals surface area (Å²) in [5.41, 5.74) is 12.0. The van der Waals surface area contributed by atoms with E-state index in [9.17, 15) is 9.90 Å². The highest BCUT2D eigenvalue weighted by atomic mass is 16.3. The average Bonchev–Trinajstić information content (AvgIpc) is 2.35. The van der Waals surface area contributed by atoms with Gasteiger partial charge in [-0.2, -0.15) is 0 Å². The molecule has 0 aliphatic heterocycles. The van der Waals surface area contributed by atoms with Crippen LogP contribution in [0.3, 0.4) is 0 Å². The molecule has 0 aliphatic rings. The Morgan fingerprint density at radius 2 is 1.72 bits per heavy atom. The zero-order valence-electron chi connectivity index (χ0n) is 10.9. The number of rotatable bonds is 5. The van der Waals surface area contributed by atoms with Gasteiger partial charge in [-0.05, 0) is 31.0 Å². The molecular weight excluding hydrogens is 230 g/mol. The minimum Gasteiger partial charge on any atom is -0.399 e. The maximum atomic E-state index is 12.1. The summed E-state index contributed by atoms with van der Waals surface area (Å²) in [5.74, 6) is -0.272. The van der Waals surface area contributed by atoms with Gasteiger partial charge in [-0.1, -0.05) is 13.8 Å². The summed E-state index contributed by atoms with van der Waals surface area (Å²) >= 11 is 0. The number of nitrogens with one attached hydrogen (secondary N) is 1. The number of carbonyl (C=O) groups excluding carboxylic acids is 1. The highest BCUT2D eigenvalue weighted by molar-refractivity contribution is 5.96. The summed E-state index contributed by atoms with van der Waals surface area (Å²) in [6, 6.07) is 4.73. The van der Waals surface area contributed by atoms with Gasteiger partial charge in [0.05, 0.1) is 12.1 Å². The summed E-state index contributed by atoms with van der Waals surface area (Å²) in [7, 11) is 0. The molecule has 0 aliphatic carbocycles. The lowest BCUT2D eigenvalue weighted by molar-refractivity contribution is 0.0818. The van der Waals surface area contributed by atoms with E-state index in [-0.39, 0.29) is 12.5 Å². The molecule has 5 nitrogen and oxygen atoms in total. The highest BCUT2D eigenvalue weighted by Gasteiger charge is 2.27. The van der Waals surface area contributed by atoms with E-state index in [2.05, 4.69) is 5.32 Å². The van der Waals surface area contributed by atoms with Crippen LogP contribution in [0.15, 0.2) is 18.2 Å². The second kappa shape index (κ2) is 5.73. The highest BCUT2D eigenvalue weighted by Crippen LogP contribution is 2.18. The van der Waals surface area contributed by atoms with Crippen molar-refractivity contribution < 1.29 is 9.90 Å². The number of benzene rings is 1. The van der Waals surface area contributed by atoms with Gasteiger partial charge < -0.3 is 21.9 Å². The van der Waals surface area contributed by atoms with Crippen molar-refractivity contribution in [1.29, 1.82) is 0 Å². The lowest BCUT2D eigenvalue weighted by atomic mass is 9.93. The predicted molar refractivity (Wildman–Crippen MR) is 73.1 cm³/mol. The maximum Gasteiger partial charge on any atom is 0.251 e. The summed E-state index contributed by atoms with van der Waals surface area (Å²) in [5, 5.41) is 12.3. The number of nitrogens with two attached hydrogens (primary N) is 2. The second-order valence-corrected chi connectivity index (χ2v) is 4.49. The van der Waals surface area contributed by atoms with Crippen molar-refractivity contribution in [3.8, 4) is 0 Å². The first-order chi connectivity index (χ1) is 8.46. The van der Waals surface area contributed by atoms with Gasteiger partial charge in [0.15, 0.2) is 0 Å². The van der Waals surface area contributed by atoms with Crippen molar-refractivity contribution in [2.45, 2.75) is 32.2 Å². The Balaban J connectivity index is 2.94. The van der Waals surface area contributed by atoms with E-state index < -0.39 is 5.54 Å². The van der Waals surface area contributed by atoms with Crippen molar-refractivity contribution in [2.75, 3.05) is 18.1 Å². The molecule has 0 radical (unpaired) electrons. The molecule has 0 bridgehead atoms. The van der Waals surface area contributed by atoms with E-state index >= 15 is 0 Å². The number of nitrogen functional groups attached to an aromatic ring is 2. The fraction of sp³-hybridized carbons (Fsp3) is 0.462. The lowest BCUT2D eigenvalue weighted by Crippen LogP contribution is -2.50. The Morgan fingerprint density at radius 3 is 2.11 bits per heavy atom. The van der Waals surface area contributed by atoms with Gasteiger partial charge in [-0.15, -0.1) is 0 Å². The molecule has 0 saturated heterocycles. The van der Waals surface area contributed by atoms with Gasteiger partial charge in [-0.25, -0.2) is 0 Å². The van der Waals surface area contributed by atoms with Crippen LogP contribution in [0.5, 0.6) is 0 Å². The first-order valence-electron chi connectivity index (χ1n) is 6.05. The number of hydrogen-bond acceptors (Lipinski definition) is 4. The van der Waals surface area contributed by atoms with E-state index in [0.29, 0.717) is 29.8 Å². The van der Waals surface area contributed by atoms with Crippen molar-refractivity contribution >= 4 is 17.3 Å². The largest absolute Gasteiger partial charge is 0.399 e. The van der Waals surface area contributed by atoms with Crippen molar-refractivity contribution in [2.24, 2.45) is 0 Å². The maximum absolute atomic E-state index is 12.1. The van der Waals surface area contributed by atoms with E-state index in [1.54, 1.807) is 18.2 Å². The molecule has 100 valence electrons. The fourth-order valence-electron chi connectivity index (χ4n) is 1.81. The molecule has 0 spiro atoms. The number of aliphatic hydroxyl groups excluding tert-OH is 1. The number of aliphatic hydroxyl groups is 1. The Hall–Kier alpha value is -1.75. The SMILES string of the molecule is CCC(CC)(CO)NC(=O)c1cc(N)cc(N)c1. The average molecular weight is 251 g/mol. The standard InChI is InChI=1S/C13H21N3O2/c1-3-13(4-2,8-17)16-12(18)9-5-10(14)7-11(15)6-9/h5-7,17H,3-4,8,14-15H2,1-2H3,(H,16,18). The number of anilines is 2. The van der Waals surface area contributed by atoms with Crippen LogP contribution in [0.25, 0.3) is 0 Å². The van der Waals surface area contributed by atoms with Gasteiger partial charge in [-0.3, -0.25) is 4.79 Å². The summed E-state index contributed by atoms with van der Waals surface area (Å²) in [6.45, 7) is 3.75. The summed E-state index contributed by atoms with van der Waals surface area (Å²) in [4.78, 5) is 12.1. The van der Waals surface area contributed by atoms with Crippen molar-refractivity contribution in [3.63, 3.8) is 0 Å². The molecule has 0 fully saturated rings. The zero-order valence-corrected chi connectivity index (χ0v) is 10.9. The smallest absolute Gasteiger partial charge is 0.251 e. The van der Waals surface area contributed by atoms with Gasteiger partial charge in [0.2, 0.25) is 0 Å². The van der Waals surface area contributed by atoms with Crippen LogP contribution in [0, 0.1) is 0 Å². The lowest BCUT2D eigenvalue weighted by Gasteiger charge is -2.30. The van der Waals surface area contributed by atoms with Crippen LogP contribution in [-0.4, -0.2) is 23.2 Å². The van der Waals surface area contributed by atoms with Gasteiger partial charge in [0.1, 0.15) is 0 Å². The summed E-state index contributed by atoms with van der Waals surface area (Å²) in [6.07, 6.45) is 1.31. The van der Waals surface area contributed by atoms with Gasteiger partial charge >= 0.3 is 0 Å². The van der Waals surface area contributed by atoms with E-state index in [1.807, 2.05) is 13.8 Å². The zero-order chi connectivity index (χ0) is 13.8. The summed E-state index contributed by atoms with van der Waals surface area (Å²) < 4.78 is 0. The molecule has 1 rings (SSSR count). The van der Waals surface area contributed by atoms with Crippen molar-refractivity contribution in [1.82, 2.24) is 5.32 Å². The number of hydrogen-bond donors (Lipinski definition) is 4. The Morgan fingerprint density at radius 1 is 1.22 bits per heavy atom. The van der Waals surface area contributed by atoms with Crippen LogP contribution in [0.4, 0.5) is 11.4 Å². The topological polar surface area (TPSA) is 101 Å². The van der Waals surface area contributed by atoms with E-state index in [4.69, 9.17) is 11.5 Å². The minimum atomic E-state index is -0.587. The molecule has 0 heterocycles. The predicted octanol–water partition coefficient (Wildman–Crippen LogP) is 1.13. The Labute approximate surface area is 107 Å². The monoisotopic (exact) mass is 251 g/mol. The number of carbonyl (C=O) groups is 1. The van der Waals surface area contributed by atoms with Crippen LogP contribution in [-0.2, 0) is 0 Å². The third-order valence-corrected chi connectivity index (χ3v) is 3.27. The van der Waals surface area contributed by atoms with E-state index in [1.165, 1.54) is 0 Å². The molecule has 1 amide bonds. The van der Waals surface area contributed by atoms with Crippen LogP contribution >= 0.6 is 0 Å². The van der Waals surface area contributed by atoms with Gasteiger partial charge in [0.25, 0.3) is 5.91 Å². The third-order valence-electron chi connectivity index (χ3n) is 3.27. The molecule has 0 atom stereocenters. The Bertz CT molecular complexity index is 400. The van der Waals surface area contributed by atoms with Gasteiger partial charge in [0, 0.05) is 16.9 Å². The van der Waals surface area contributed by atoms with Crippen molar-refractivity contribution in [3.05, 3.63) is 23.8 Å². The molecule has 0 unspecified atom stereocenters. The third kappa shape index (κ3) is 3.13. The fourth-order valence-corrected chi connectivity index (χ4v) is 1.81. The molecule has 5 heteroatoms. The molecule has 18 heavy (non-hydrogen) atoms. The first-order valence-corrected chi connectivity index (χ1v) is 6.05. The molecule has 1 aromatic carbocycles. The normalized spacial score (nSPS) is 11.3. The minimum absolute atomic E-state index is 0.0937. The second-order valence-electron chi connectivity index (χ2n) is 4.49. The quantitative estimate of drug-likeness (QED) is 0.589. The Kier molecular flexibility index (Phi) is 4.55. The molecule has 0 aromatic heterocycles. The molecule has 0 saturated carbocycles. The van der Waals surface area contributed by atoms with Crippen LogP contribution < -0.4 is 16.8 Å². The van der Waals surface area contributed by atoms with Crippen LogP contribution in [0.2, 0.25) is 0 Å². The molecule has 1 aromatic rings. The van der Waals surface area contributed by atoms with E-state index in [0.717, 1.165) is 0 Å². The van der Waals surface area contributed by atoms with Crippen LogP contribution in [0.1, 0.15) is 37.0 Å².